The van der Waals surface area contributed by atoms with Crippen molar-refractivity contribution in [2.45, 2.75) is 46.0 Å². The van der Waals surface area contributed by atoms with Crippen LogP contribution in [0.15, 0.2) is 4.99 Å². The summed E-state index contributed by atoms with van der Waals surface area (Å²) in [6.07, 6.45) is 6.76. The van der Waals surface area contributed by atoms with Crippen LogP contribution in [0, 0.1) is 5.92 Å². The van der Waals surface area contributed by atoms with Crippen molar-refractivity contribution in [2.24, 2.45) is 10.9 Å². The van der Waals surface area contributed by atoms with Gasteiger partial charge in [-0.15, -0.1) is 11.8 Å². The standard InChI is InChI=1S/C11H21NS/c1-10(2)6-4-3-5-7-11-12-8-9-13-11/h10H,3-9H2,1-2H3. The molecule has 0 aliphatic carbocycles. The summed E-state index contributed by atoms with van der Waals surface area (Å²) in [5.41, 5.74) is 0. The number of thioether (sulfide) groups is 1. The number of hydrogen-bond acceptors (Lipinski definition) is 2. The smallest absolute Gasteiger partial charge is 0.0676 e. The lowest BCUT2D eigenvalue weighted by molar-refractivity contribution is 0.531. The molecular weight excluding hydrogens is 178 g/mol. The van der Waals surface area contributed by atoms with E-state index in [2.05, 4.69) is 18.8 Å². The minimum atomic E-state index is 0.873. The molecule has 1 heterocycles. The van der Waals surface area contributed by atoms with Gasteiger partial charge in [0.25, 0.3) is 0 Å². The van der Waals surface area contributed by atoms with E-state index in [4.69, 9.17) is 0 Å². The molecule has 13 heavy (non-hydrogen) atoms. The van der Waals surface area contributed by atoms with Crippen LogP contribution in [-0.2, 0) is 0 Å². The molecule has 0 radical (unpaired) electrons. The first-order chi connectivity index (χ1) is 6.29. The van der Waals surface area contributed by atoms with Crippen molar-refractivity contribution < 1.29 is 0 Å². The number of rotatable bonds is 6. The predicted molar refractivity (Wildman–Crippen MR) is 62.7 cm³/mol. The van der Waals surface area contributed by atoms with Crippen molar-refractivity contribution in [3.63, 3.8) is 0 Å². The topological polar surface area (TPSA) is 12.4 Å². The highest BCUT2D eigenvalue weighted by molar-refractivity contribution is 8.14. The van der Waals surface area contributed by atoms with E-state index in [1.165, 1.54) is 42.9 Å². The molecule has 0 aromatic carbocycles. The second-order valence-corrected chi connectivity index (χ2v) is 5.29. The Morgan fingerprint density at radius 2 is 2.15 bits per heavy atom. The molecule has 0 aromatic heterocycles. The number of hydrogen-bond donors (Lipinski definition) is 0. The minimum absolute atomic E-state index is 0.873. The van der Waals surface area contributed by atoms with Crippen LogP contribution in [0.4, 0.5) is 0 Å². The molecule has 0 amide bonds. The van der Waals surface area contributed by atoms with Gasteiger partial charge in [-0.05, 0) is 18.8 Å². The predicted octanol–water partition coefficient (Wildman–Crippen LogP) is 3.74. The maximum absolute atomic E-state index is 4.45. The molecule has 0 saturated carbocycles. The second kappa shape index (κ2) is 6.47. The first-order valence-electron chi connectivity index (χ1n) is 5.45. The van der Waals surface area contributed by atoms with Gasteiger partial charge in [-0.25, -0.2) is 0 Å². The molecule has 1 nitrogen and oxygen atoms in total. The van der Waals surface area contributed by atoms with Crippen molar-refractivity contribution in [3.8, 4) is 0 Å². The van der Waals surface area contributed by atoms with Gasteiger partial charge in [-0.3, -0.25) is 4.99 Å². The zero-order valence-corrected chi connectivity index (χ0v) is 9.70. The van der Waals surface area contributed by atoms with Gasteiger partial charge in [0.2, 0.25) is 0 Å². The summed E-state index contributed by atoms with van der Waals surface area (Å²) >= 11 is 1.96. The Labute approximate surface area is 86.4 Å². The number of nitrogens with zero attached hydrogens (tertiary/aromatic N) is 1. The Morgan fingerprint density at radius 3 is 2.77 bits per heavy atom. The van der Waals surface area contributed by atoms with Crippen molar-refractivity contribution >= 4 is 16.8 Å². The van der Waals surface area contributed by atoms with Gasteiger partial charge in [-0.2, -0.15) is 0 Å². The van der Waals surface area contributed by atoms with Crippen LogP contribution in [0.1, 0.15) is 46.0 Å². The van der Waals surface area contributed by atoms with E-state index in [1.807, 2.05) is 11.8 Å². The SMILES string of the molecule is CC(C)CCCCCC1=NCCS1. The highest BCUT2D eigenvalue weighted by Gasteiger charge is 2.05. The Balaban J connectivity index is 1.89. The van der Waals surface area contributed by atoms with Gasteiger partial charge in [0.05, 0.1) is 5.04 Å². The Bertz CT molecular complexity index is 163. The molecule has 1 aliphatic heterocycles. The van der Waals surface area contributed by atoms with E-state index < -0.39 is 0 Å². The molecular formula is C11H21NS. The fourth-order valence-corrected chi connectivity index (χ4v) is 2.43. The zero-order valence-electron chi connectivity index (χ0n) is 8.88. The first-order valence-corrected chi connectivity index (χ1v) is 6.43. The minimum Gasteiger partial charge on any atom is -0.282 e. The van der Waals surface area contributed by atoms with E-state index in [9.17, 15) is 0 Å². The maximum atomic E-state index is 4.45. The largest absolute Gasteiger partial charge is 0.282 e. The van der Waals surface area contributed by atoms with E-state index in [1.54, 1.807) is 0 Å². The van der Waals surface area contributed by atoms with Crippen molar-refractivity contribution in [1.29, 1.82) is 0 Å². The summed E-state index contributed by atoms with van der Waals surface area (Å²) < 4.78 is 0. The van der Waals surface area contributed by atoms with Crippen molar-refractivity contribution in [3.05, 3.63) is 0 Å². The summed E-state index contributed by atoms with van der Waals surface area (Å²) in [6.45, 7) is 5.67. The highest BCUT2D eigenvalue weighted by Crippen LogP contribution is 2.18. The Morgan fingerprint density at radius 1 is 1.31 bits per heavy atom. The summed E-state index contributed by atoms with van der Waals surface area (Å²) in [4.78, 5) is 4.45. The molecule has 1 rings (SSSR count). The third-order valence-electron chi connectivity index (χ3n) is 2.32. The van der Waals surface area contributed by atoms with Crippen LogP contribution >= 0.6 is 11.8 Å². The summed E-state index contributed by atoms with van der Waals surface area (Å²) in [7, 11) is 0. The summed E-state index contributed by atoms with van der Waals surface area (Å²) in [5.74, 6) is 2.10. The van der Waals surface area contributed by atoms with Crippen LogP contribution in [0.2, 0.25) is 0 Å². The molecule has 0 atom stereocenters. The highest BCUT2D eigenvalue weighted by atomic mass is 32.2. The van der Waals surface area contributed by atoms with Gasteiger partial charge >= 0.3 is 0 Å². The third kappa shape index (κ3) is 5.35. The molecule has 0 aromatic rings. The quantitative estimate of drug-likeness (QED) is 0.594. The van der Waals surface area contributed by atoms with Gasteiger partial charge in [0, 0.05) is 12.3 Å². The molecule has 0 bridgehead atoms. The Kier molecular flexibility index (Phi) is 5.52. The first kappa shape index (κ1) is 11.1. The van der Waals surface area contributed by atoms with Gasteiger partial charge in [-0.1, -0.05) is 33.1 Å². The molecule has 0 N–H and O–H groups in total. The fourth-order valence-electron chi connectivity index (χ4n) is 1.54. The normalized spacial score (nSPS) is 16.7. The van der Waals surface area contributed by atoms with E-state index in [0.29, 0.717) is 0 Å². The van der Waals surface area contributed by atoms with Crippen LogP contribution < -0.4 is 0 Å². The molecule has 1 aliphatic rings. The molecule has 0 spiro atoms. The van der Waals surface area contributed by atoms with E-state index in [-0.39, 0.29) is 0 Å². The lowest BCUT2D eigenvalue weighted by Crippen LogP contribution is -1.90. The number of aliphatic imine (C=N–C) groups is 1. The van der Waals surface area contributed by atoms with Gasteiger partial charge in [0.1, 0.15) is 0 Å². The number of unbranched alkanes of at least 4 members (excludes halogenated alkanes) is 2. The molecule has 76 valence electrons. The average molecular weight is 199 g/mol. The van der Waals surface area contributed by atoms with Crippen LogP contribution in [-0.4, -0.2) is 17.3 Å². The van der Waals surface area contributed by atoms with Gasteiger partial charge < -0.3 is 0 Å². The van der Waals surface area contributed by atoms with Crippen LogP contribution in [0.3, 0.4) is 0 Å². The van der Waals surface area contributed by atoms with Gasteiger partial charge in [0.15, 0.2) is 0 Å². The zero-order chi connectivity index (χ0) is 9.52. The van der Waals surface area contributed by atoms with E-state index >= 15 is 0 Å². The average Bonchev–Trinajstić information content (AvgIpc) is 2.55. The lowest BCUT2D eigenvalue weighted by Gasteiger charge is -2.03. The molecule has 0 fully saturated rings. The molecule has 2 heteroatoms. The maximum Gasteiger partial charge on any atom is 0.0676 e. The Hall–Kier alpha value is 0.0200. The van der Waals surface area contributed by atoms with Crippen molar-refractivity contribution in [1.82, 2.24) is 0 Å². The third-order valence-corrected chi connectivity index (χ3v) is 3.37. The second-order valence-electron chi connectivity index (χ2n) is 4.12. The lowest BCUT2D eigenvalue weighted by atomic mass is 10.0. The summed E-state index contributed by atoms with van der Waals surface area (Å²) in [5, 5.41) is 1.41. The van der Waals surface area contributed by atoms with E-state index in [0.717, 1.165) is 12.5 Å². The molecule has 0 saturated heterocycles. The van der Waals surface area contributed by atoms with Crippen molar-refractivity contribution in [2.75, 3.05) is 12.3 Å². The van der Waals surface area contributed by atoms with Crippen LogP contribution in [0.5, 0.6) is 0 Å². The van der Waals surface area contributed by atoms with Crippen LogP contribution in [0.25, 0.3) is 0 Å². The monoisotopic (exact) mass is 199 g/mol. The summed E-state index contributed by atoms with van der Waals surface area (Å²) in [6, 6.07) is 0. The molecule has 0 unspecified atom stereocenters. The fraction of sp³-hybridized carbons (Fsp3) is 0.909.